The normalized spacial score (nSPS) is 12.9. The maximum absolute atomic E-state index is 10.8. The summed E-state index contributed by atoms with van der Waals surface area (Å²) in [4.78, 5) is 10.8. The number of ether oxygens (including phenoxy) is 1. The molecule has 0 aliphatic carbocycles. The van der Waals surface area contributed by atoms with Gasteiger partial charge in [0.2, 0.25) is 0 Å². The molecule has 4 nitrogen and oxygen atoms in total. The Morgan fingerprint density at radius 1 is 1.35 bits per heavy atom. The van der Waals surface area contributed by atoms with Gasteiger partial charge in [0.25, 0.3) is 0 Å². The minimum absolute atomic E-state index is 0.464. The van der Waals surface area contributed by atoms with Crippen LogP contribution in [0, 0.1) is 27.9 Å². The lowest BCUT2D eigenvalue weighted by atomic mass is 10.0. The number of hydrogen-bond donors (Lipinski definition) is 0. The van der Waals surface area contributed by atoms with E-state index < -0.39 is 11.2 Å². The molecule has 0 aliphatic heterocycles. The lowest BCUT2D eigenvalue weighted by molar-refractivity contribution is -0.109. The Kier molecular flexibility index (Phi) is 5.06. The van der Waals surface area contributed by atoms with E-state index in [0.717, 1.165) is 17.3 Å². The van der Waals surface area contributed by atoms with Crippen molar-refractivity contribution in [3.63, 3.8) is 0 Å². The summed E-state index contributed by atoms with van der Waals surface area (Å²) in [5, 5.41) is 19.0. The fourth-order valence-electron chi connectivity index (χ4n) is 1.37. The van der Waals surface area contributed by atoms with E-state index >= 15 is 0 Å². The second kappa shape index (κ2) is 6.57. The molecule has 1 rings (SSSR count). The Bertz CT molecular complexity index is 459. The fraction of sp³-hybridized carbons (Fsp3) is 0.250. The van der Waals surface area contributed by atoms with E-state index in [0.29, 0.717) is 12.0 Å². The summed E-state index contributed by atoms with van der Waals surface area (Å²) >= 11 is 0.911. The average molecular weight is 246 g/mol. The van der Waals surface area contributed by atoms with Gasteiger partial charge < -0.3 is 9.53 Å². The Morgan fingerprint density at radius 2 is 2.00 bits per heavy atom. The predicted octanol–water partition coefficient (Wildman–Crippen LogP) is 2.29. The van der Waals surface area contributed by atoms with Crippen molar-refractivity contribution in [3.05, 3.63) is 29.8 Å². The maximum Gasteiger partial charge on any atom is 0.138 e. The highest BCUT2D eigenvalue weighted by Crippen LogP contribution is 2.34. The smallest absolute Gasteiger partial charge is 0.138 e. The molecular formula is C12H10N2O2S. The summed E-state index contributed by atoms with van der Waals surface area (Å²) in [5.74, 6) is -0.137. The van der Waals surface area contributed by atoms with E-state index in [1.807, 2.05) is 11.5 Å². The SMILES string of the molecule is COc1ccc([C@@H](SC#N)[C@H](C#N)C=O)cc1. The second-order valence-electron chi connectivity index (χ2n) is 3.19. The van der Waals surface area contributed by atoms with Crippen molar-refractivity contribution in [2.45, 2.75) is 5.25 Å². The number of aldehydes is 1. The van der Waals surface area contributed by atoms with Gasteiger partial charge in [0.1, 0.15) is 23.4 Å². The summed E-state index contributed by atoms with van der Waals surface area (Å²) < 4.78 is 5.02. The van der Waals surface area contributed by atoms with Crippen LogP contribution in [-0.4, -0.2) is 13.4 Å². The van der Waals surface area contributed by atoms with E-state index in [9.17, 15) is 4.79 Å². The van der Waals surface area contributed by atoms with Crippen LogP contribution < -0.4 is 4.74 Å². The van der Waals surface area contributed by atoms with E-state index in [-0.39, 0.29) is 0 Å². The quantitative estimate of drug-likeness (QED) is 0.588. The van der Waals surface area contributed by atoms with Crippen LogP contribution in [0.3, 0.4) is 0 Å². The van der Waals surface area contributed by atoms with E-state index in [2.05, 4.69) is 0 Å². The first-order chi connectivity index (χ1) is 8.26. The van der Waals surface area contributed by atoms with Gasteiger partial charge in [-0.15, -0.1) is 0 Å². The molecule has 0 aliphatic rings. The minimum atomic E-state index is -0.826. The Hall–Kier alpha value is -1.98. The average Bonchev–Trinajstić information content (AvgIpc) is 2.39. The van der Waals surface area contributed by atoms with Crippen LogP contribution in [-0.2, 0) is 4.79 Å². The number of hydrogen-bond acceptors (Lipinski definition) is 5. The third-order valence-corrected chi connectivity index (χ3v) is 3.17. The van der Waals surface area contributed by atoms with Crippen LogP contribution >= 0.6 is 11.8 Å². The van der Waals surface area contributed by atoms with Crippen molar-refractivity contribution in [3.8, 4) is 17.2 Å². The molecule has 0 aromatic heterocycles. The molecule has 1 aromatic carbocycles. The largest absolute Gasteiger partial charge is 0.497 e. The van der Waals surface area contributed by atoms with Gasteiger partial charge in [0.15, 0.2) is 0 Å². The van der Waals surface area contributed by atoms with Crippen LogP contribution in [0.25, 0.3) is 0 Å². The standard InChI is InChI=1S/C12H10N2O2S/c1-16-11-4-2-9(3-5-11)12(17-8-14)10(6-13)7-15/h2-5,7,10,12H,1H3/t10-,12-/m1/s1. The van der Waals surface area contributed by atoms with Crippen LogP contribution in [0.2, 0.25) is 0 Å². The Balaban J connectivity index is 3.01. The first-order valence-electron chi connectivity index (χ1n) is 4.80. The molecule has 0 N–H and O–H groups in total. The molecular weight excluding hydrogens is 236 g/mol. The topological polar surface area (TPSA) is 73.9 Å². The summed E-state index contributed by atoms with van der Waals surface area (Å²) in [7, 11) is 1.56. The van der Waals surface area contributed by atoms with Crippen molar-refractivity contribution >= 4 is 18.0 Å². The zero-order valence-corrected chi connectivity index (χ0v) is 9.98. The summed E-state index contributed by atoms with van der Waals surface area (Å²) in [6.07, 6.45) is 0.569. The number of nitriles is 2. The fourth-order valence-corrected chi connectivity index (χ4v) is 2.05. The lowest BCUT2D eigenvalue weighted by Gasteiger charge is -2.14. The van der Waals surface area contributed by atoms with Gasteiger partial charge in [0, 0.05) is 0 Å². The van der Waals surface area contributed by atoms with Gasteiger partial charge >= 0.3 is 0 Å². The summed E-state index contributed by atoms with van der Waals surface area (Å²) in [6.45, 7) is 0. The van der Waals surface area contributed by atoms with Crippen LogP contribution in [0.15, 0.2) is 24.3 Å². The number of benzene rings is 1. The van der Waals surface area contributed by atoms with Gasteiger partial charge in [-0.3, -0.25) is 0 Å². The van der Waals surface area contributed by atoms with E-state index in [1.54, 1.807) is 31.4 Å². The maximum atomic E-state index is 10.8. The number of carbonyl (C=O) groups excluding carboxylic acids is 1. The number of nitrogens with zero attached hydrogens (tertiary/aromatic N) is 2. The number of thiocyanates is 1. The zero-order valence-electron chi connectivity index (χ0n) is 9.16. The van der Waals surface area contributed by atoms with Gasteiger partial charge in [-0.2, -0.15) is 10.5 Å². The van der Waals surface area contributed by atoms with Gasteiger partial charge in [-0.25, -0.2) is 0 Å². The van der Waals surface area contributed by atoms with Crippen molar-refractivity contribution in [2.75, 3.05) is 7.11 Å². The molecule has 0 amide bonds. The monoisotopic (exact) mass is 246 g/mol. The third-order valence-electron chi connectivity index (χ3n) is 2.25. The lowest BCUT2D eigenvalue weighted by Crippen LogP contribution is -2.09. The van der Waals surface area contributed by atoms with Gasteiger partial charge in [-0.1, -0.05) is 12.1 Å². The molecule has 0 fully saturated rings. The molecule has 0 heterocycles. The van der Waals surface area contributed by atoms with Crippen molar-refractivity contribution in [1.29, 1.82) is 10.5 Å². The highest BCUT2D eigenvalue weighted by molar-refractivity contribution is 8.04. The van der Waals surface area contributed by atoms with Crippen molar-refractivity contribution in [2.24, 2.45) is 5.92 Å². The first kappa shape index (κ1) is 13.1. The van der Waals surface area contributed by atoms with Crippen LogP contribution in [0.5, 0.6) is 5.75 Å². The molecule has 17 heavy (non-hydrogen) atoms. The molecule has 0 saturated heterocycles. The number of rotatable bonds is 5. The predicted molar refractivity (Wildman–Crippen MR) is 64.1 cm³/mol. The molecule has 0 bridgehead atoms. The number of thioether (sulfide) groups is 1. The van der Waals surface area contributed by atoms with Crippen LogP contribution in [0.4, 0.5) is 0 Å². The van der Waals surface area contributed by atoms with Gasteiger partial charge in [-0.05, 0) is 29.5 Å². The molecule has 2 atom stereocenters. The molecule has 0 saturated carbocycles. The molecule has 1 aromatic rings. The van der Waals surface area contributed by atoms with Crippen molar-refractivity contribution in [1.82, 2.24) is 0 Å². The minimum Gasteiger partial charge on any atom is -0.497 e. The second-order valence-corrected chi connectivity index (χ2v) is 4.12. The molecule has 86 valence electrons. The summed E-state index contributed by atoms with van der Waals surface area (Å²) in [6, 6.07) is 8.87. The van der Waals surface area contributed by atoms with Gasteiger partial charge in [0.05, 0.1) is 18.4 Å². The molecule has 0 radical (unpaired) electrons. The van der Waals surface area contributed by atoms with Crippen molar-refractivity contribution < 1.29 is 9.53 Å². The zero-order chi connectivity index (χ0) is 12.7. The highest BCUT2D eigenvalue weighted by Gasteiger charge is 2.23. The third kappa shape index (κ3) is 3.24. The molecule has 0 spiro atoms. The molecule has 0 unspecified atom stereocenters. The van der Waals surface area contributed by atoms with E-state index in [1.165, 1.54) is 0 Å². The highest BCUT2D eigenvalue weighted by atomic mass is 32.2. The number of carbonyl (C=O) groups is 1. The first-order valence-corrected chi connectivity index (χ1v) is 5.68. The number of methoxy groups -OCH3 is 1. The molecule has 5 heteroatoms. The van der Waals surface area contributed by atoms with E-state index in [4.69, 9.17) is 15.3 Å². The Labute approximate surface area is 104 Å². The van der Waals surface area contributed by atoms with Crippen LogP contribution in [0.1, 0.15) is 10.8 Å². The Morgan fingerprint density at radius 3 is 2.41 bits per heavy atom. The summed E-state index contributed by atoms with van der Waals surface area (Å²) in [5.41, 5.74) is 0.760.